The molecule has 0 saturated heterocycles. The van der Waals surface area contributed by atoms with E-state index < -0.39 is 0 Å². The van der Waals surface area contributed by atoms with E-state index in [4.69, 9.17) is 5.73 Å². The van der Waals surface area contributed by atoms with Crippen LogP contribution in [-0.4, -0.2) is 9.97 Å². The van der Waals surface area contributed by atoms with Crippen LogP contribution in [0.15, 0.2) is 22.7 Å². The summed E-state index contributed by atoms with van der Waals surface area (Å²) in [5.74, 6) is 1.83. The predicted octanol–water partition coefficient (Wildman–Crippen LogP) is 3.49. The third-order valence-corrected chi connectivity index (χ3v) is 3.82. The van der Waals surface area contributed by atoms with Gasteiger partial charge in [-0.1, -0.05) is 15.9 Å². The number of hydrogen-bond donors (Lipinski definition) is 2. The maximum absolute atomic E-state index is 5.70. The van der Waals surface area contributed by atoms with Gasteiger partial charge in [-0.2, -0.15) is 0 Å². The summed E-state index contributed by atoms with van der Waals surface area (Å²) in [5.41, 5.74) is 9.04. The normalized spacial score (nSPS) is 10.4. The van der Waals surface area contributed by atoms with Crippen LogP contribution in [0, 0.1) is 20.8 Å². The molecule has 0 saturated carbocycles. The van der Waals surface area contributed by atoms with Crippen LogP contribution in [-0.2, 0) is 0 Å². The fraction of sp³-hybridized carbons (Fsp3) is 0.231. The van der Waals surface area contributed by atoms with E-state index in [1.165, 1.54) is 11.1 Å². The number of hydrogen-bond acceptors (Lipinski definition) is 4. The summed E-state index contributed by atoms with van der Waals surface area (Å²) in [5, 5.41) is 3.24. The summed E-state index contributed by atoms with van der Waals surface area (Å²) < 4.78 is 1.13. The van der Waals surface area contributed by atoms with Crippen molar-refractivity contribution in [1.29, 1.82) is 0 Å². The molecule has 0 atom stereocenters. The van der Waals surface area contributed by atoms with E-state index in [1.807, 2.05) is 6.92 Å². The van der Waals surface area contributed by atoms with Gasteiger partial charge in [0.15, 0.2) is 0 Å². The van der Waals surface area contributed by atoms with Gasteiger partial charge in [-0.15, -0.1) is 0 Å². The Morgan fingerprint density at radius 1 is 1.06 bits per heavy atom. The molecule has 18 heavy (non-hydrogen) atoms. The van der Waals surface area contributed by atoms with Crippen LogP contribution in [0.2, 0.25) is 0 Å². The highest BCUT2D eigenvalue weighted by molar-refractivity contribution is 9.10. The van der Waals surface area contributed by atoms with Crippen molar-refractivity contribution >= 4 is 33.3 Å². The van der Waals surface area contributed by atoms with E-state index in [2.05, 4.69) is 57.2 Å². The molecule has 5 heteroatoms. The highest BCUT2D eigenvalue weighted by Gasteiger charge is 2.04. The first kappa shape index (κ1) is 12.8. The van der Waals surface area contributed by atoms with Crippen molar-refractivity contribution in [2.24, 2.45) is 0 Å². The molecule has 0 fully saturated rings. The molecule has 0 amide bonds. The Morgan fingerprint density at radius 3 is 2.22 bits per heavy atom. The zero-order chi connectivity index (χ0) is 13.3. The van der Waals surface area contributed by atoms with Gasteiger partial charge < -0.3 is 11.1 Å². The van der Waals surface area contributed by atoms with Gasteiger partial charge in [0.2, 0.25) is 0 Å². The number of aryl methyl sites for hydroxylation is 3. The topological polar surface area (TPSA) is 63.8 Å². The highest BCUT2D eigenvalue weighted by Crippen LogP contribution is 2.26. The van der Waals surface area contributed by atoms with Crippen LogP contribution in [0.3, 0.4) is 0 Å². The maximum atomic E-state index is 5.70. The zero-order valence-electron chi connectivity index (χ0n) is 10.6. The van der Waals surface area contributed by atoms with Gasteiger partial charge >= 0.3 is 0 Å². The zero-order valence-corrected chi connectivity index (χ0v) is 12.2. The molecule has 3 N–H and O–H groups in total. The molecule has 2 rings (SSSR count). The van der Waals surface area contributed by atoms with Gasteiger partial charge in [-0.05, 0) is 44.0 Å². The number of halogens is 1. The second kappa shape index (κ2) is 4.94. The number of aromatic nitrogens is 2. The van der Waals surface area contributed by atoms with Crippen molar-refractivity contribution in [2.75, 3.05) is 11.1 Å². The summed E-state index contributed by atoms with van der Waals surface area (Å²) >= 11 is 3.55. The summed E-state index contributed by atoms with van der Waals surface area (Å²) in [6, 6.07) is 5.84. The monoisotopic (exact) mass is 306 g/mol. The van der Waals surface area contributed by atoms with Crippen molar-refractivity contribution in [3.63, 3.8) is 0 Å². The SMILES string of the molecule is Cc1nc(N)cc(Nc2cc(C)c(Br)c(C)c2)n1. The molecule has 0 spiro atoms. The predicted molar refractivity (Wildman–Crippen MR) is 78.1 cm³/mol. The number of nitrogens with zero attached hydrogens (tertiary/aromatic N) is 2. The number of anilines is 3. The lowest BCUT2D eigenvalue weighted by molar-refractivity contribution is 1.06. The summed E-state index contributed by atoms with van der Waals surface area (Å²) in [4.78, 5) is 8.34. The third kappa shape index (κ3) is 2.79. The van der Waals surface area contributed by atoms with Gasteiger partial charge in [0.1, 0.15) is 17.5 Å². The quantitative estimate of drug-likeness (QED) is 0.891. The standard InChI is InChI=1S/C13H15BrN4/c1-7-4-10(5-8(2)13(7)14)18-12-6-11(15)16-9(3)17-12/h4-6H,1-3H3,(H3,15,16,17,18). The number of nitrogens with one attached hydrogen (secondary N) is 1. The molecule has 0 radical (unpaired) electrons. The van der Waals surface area contributed by atoms with Crippen molar-refractivity contribution in [2.45, 2.75) is 20.8 Å². The van der Waals surface area contributed by atoms with Crippen LogP contribution in [0.25, 0.3) is 0 Å². The summed E-state index contributed by atoms with van der Waals surface area (Å²) in [7, 11) is 0. The first-order valence-electron chi connectivity index (χ1n) is 5.60. The second-order valence-corrected chi connectivity index (χ2v) is 5.07. The molecule has 0 aliphatic heterocycles. The van der Waals surface area contributed by atoms with Gasteiger partial charge in [0.25, 0.3) is 0 Å². The first-order valence-corrected chi connectivity index (χ1v) is 6.40. The van der Waals surface area contributed by atoms with E-state index in [9.17, 15) is 0 Å². The lowest BCUT2D eigenvalue weighted by Gasteiger charge is -2.10. The molecule has 4 nitrogen and oxygen atoms in total. The summed E-state index contributed by atoms with van der Waals surface area (Å²) in [6.45, 7) is 5.93. The average molecular weight is 307 g/mol. The number of nitrogens with two attached hydrogens (primary N) is 1. The van der Waals surface area contributed by atoms with E-state index in [-0.39, 0.29) is 0 Å². The molecule has 2 aromatic rings. The number of benzene rings is 1. The maximum Gasteiger partial charge on any atom is 0.136 e. The van der Waals surface area contributed by atoms with Crippen LogP contribution in [0.5, 0.6) is 0 Å². The summed E-state index contributed by atoms with van der Waals surface area (Å²) in [6.07, 6.45) is 0. The van der Waals surface area contributed by atoms with Gasteiger partial charge in [-0.3, -0.25) is 0 Å². The van der Waals surface area contributed by atoms with Crippen molar-refractivity contribution in [1.82, 2.24) is 9.97 Å². The number of rotatable bonds is 2. The average Bonchev–Trinajstić information content (AvgIpc) is 2.24. The van der Waals surface area contributed by atoms with E-state index in [0.29, 0.717) is 17.5 Å². The smallest absolute Gasteiger partial charge is 0.136 e. The lowest BCUT2D eigenvalue weighted by atomic mass is 10.1. The Labute approximate surface area is 115 Å². The van der Waals surface area contributed by atoms with Crippen LogP contribution in [0.1, 0.15) is 17.0 Å². The van der Waals surface area contributed by atoms with E-state index >= 15 is 0 Å². The van der Waals surface area contributed by atoms with Crippen molar-refractivity contribution < 1.29 is 0 Å². The Hall–Kier alpha value is -1.62. The van der Waals surface area contributed by atoms with Gasteiger partial charge in [0, 0.05) is 16.2 Å². The molecule has 94 valence electrons. The highest BCUT2D eigenvalue weighted by atomic mass is 79.9. The van der Waals surface area contributed by atoms with Crippen LogP contribution >= 0.6 is 15.9 Å². The van der Waals surface area contributed by atoms with Crippen LogP contribution in [0.4, 0.5) is 17.3 Å². The largest absolute Gasteiger partial charge is 0.384 e. The second-order valence-electron chi connectivity index (χ2n) is 4.27. The number of nitrogen functional groups attached to an aromatic ring is 1. The van der Waals surface area contributed by atoms with E-state index in [1.54, 1.807) is 6.07 Å². The fourth-order valence-corrected chi connectivity index (χ4v) is 2.05. The van der Waals surface area contributed by atoms with E-state index in [0.717, 1.165) is 10.2 Å². The first-order chi connectivity index (χ1) is 8.45. The molecule has 0 aliphatic rings. The van der Waals surface area contributed by atoms with Crippen molar-refractivity contribution in [3.05, 3.63) is 39.6 Å². The molecule has 1 heterocycles. The molecular weight excluding hydrogens is 292 g/mol. The van der Waals surface area contributed by atoms with Crippen molar-refractivity contribution in [3.8, 4) is 0 Å². The Bertz CT molecular complexity index is 552. The molecule has 1 aromatic carbocycles. The van der Waals surface area contributed by atoms with Crippen LogP contribution < -0.4 is 11.1 Å². The Balaban J connectivity index is 2.34. The third-order valence-electron chi connectivity index (χ3n) is 2.57. The Morgan fingerprint density at radius 2 is 1.67 bits per heavy atom. The minimum absolute atomic E-state index is 0.468. The molecule has 0 aliphatic carbocycles. The molecular formula is C13H15BrN4. The molecule has 0 bridgehead atoms. The van der Waals surface area contributed by atoms with Gasteiger partial charge in [-0.25, -0.2) is 9.97 Å². The lowest BCUT2D eigenvalue weighted by Crippen LogP contribution is -2.01. The fourth-order valence-electron chi connectivity index (χ4n) is 1.82. The molecule has 0 unspecified atom stereocenters. The minimum atomic E-state index is 0.468. The Kier molecular flexibility index (Phi) is 3.52. The minimum Gasteiger partial charge on any atom is -0.384 e. The molecule has 1 aromatic heterocycles. The van der Waals surface area contributed by atoms with Gasteiger partial charge in [0.05, 0.1) is 0 Å².